The number of fused-ring (bicyclic) bond motifs is 2. The van der Waals surface area contributed by atoms with E-state index in [1.807, 2.05) is 26.8 Å². The van der Waals surface area contributed by atoms with Crippen LogP contribution in [0.25, 0.3) is 0 Å². The number of primary amides is 1. The van der Waals surface area contributed by atoms with Crippen molar-refractivity contribution in [1.82, 2.24) is 10.6 Å². The van der Waals surface area contributed by atoms with Gasteiger partial charge in [-0.05, 0) is 38.2 Å². The van der Waals surface area contributed by atoms with Crippen LogP contribution in [-0.2, 0) is 23.9 Å². The Morgan fingerprint density at radius 1 is 1.22 bits per heavy atom. The number of amides is 2. The summed E-state index contributed by atoms with van der Waals surface area (Å²) in [4.78, 5) is 51.1. The van der Waals surface area contributed by atoms with Gasteiger partial charge in [-0.3, -0.25) is 14.4 Å². The first-order valence-corrected chi connectivity index (χ1v) is 13.7. The molecule has 0 saturated carbocycles. The molecule has 0 aromatic rings. The third-order valence-electron chi connectivity index (χ3n) is 7.24. The van der Waals surface area contributed by atoms with Gasteiger partial charge in [0.1, 0.15) is 6.10 Å². The highest BCUT2D eigenvalue weighted by Gasteiger charge is 2.33. The van der Waals surface area contributed by atoms with Crippen LogP contribution in [0.3, 0.4) is 0 Å². The van der Waals surface area contributed by atoms with Crippen LogP contribution in [0, 0.1) is 17.8 Å². The predicted molar refractivity (Wildman–Crippen MR) is 156 cm³/mol. The number of hydrogen-bond acceptors (Lipinski definition) is 8. The summed E-state index contributed by atoms with van der Waals surface area (Å²) in [6.45, 7) is 12.9. The summed E-state index contributed by atoms with van der Waals surface area (Å²) in [6, 6.07) is 0. The largest absolute Gasteiger partial charge is 0.441 e. The van der Waals surface area contributed by atoms with Crippen LogP contribution in [0.5, 0.6) is 0 Å². The van der Waals surface area contributed by atoms with Crippen LogP contribution in [0.1, 0.15) is 47.5 Å². The smallest absolute Gasteiger partial charge is 0.405 e. The monoisotopic (exact) mass is 569 g/mol. The van der Waals surface area contributed by atoms with Crippen LogP contribution >= 0.6 is 0 Å². The number of ether oxygens (including phenoxy) is 2. The van der Waals surface area contributed by atoms with E-state index < -0.39 is 41.9 Å². The number of carbonyl (C=O) groups excluding carboxylic acids is 4. The molecule has 224 valence electrons. The molecule has 0 spiro atoms. The highest BCUT2D eigenvalue weighted by Crippen LogP contribution is 2.29. The van der Waals surface area contributed by atoms with Crippen LogP contribution in [0.4, 0.5) is 4.79 Å². The lowest BCUT2D eigenvalue weighted by Crippen LogP contribution is -2.37. The van der Waals surface area contributed by atoms with Crippen LogP contribution in [0.15, 0.2) is 71.1 Å². The fourth-order valence-corrected chi connectivity index (χ4v) is 5.01. The average molecular weight is 570 g/mol. The van der Waals surface area contributed by atoms with Crippen LogP contribution in [-0.4, -0.2) is 60.6 Å². The Kier molecular flexibility index (Phi) is 12.5. The van der Waals surface area contributed by atoms with Gasteiger partial charge in [0, 0.05) is 42.7 Å². The molecular formula is C31H43N3O7. The molecule has 0 aromatic carbocycles. The minimum Gasteiger partial charge on any atom is -0.441 e. The molecule has 0 saturated heterocycles. The Labute approximate surface area is 242 Å². The molecule has 0 aromatic heterocycles. The number of allylic oxidation sites excluding steroid dienone is 4. The Balaban J connectivity index is 2.59. The van der Waals surface area contributed by atoms with Crippen molar-refractivity contribution < 1.29 is 33.8 Å². The zero-order valence-electron chi connectivity index (χ0n) is 24.7. The molecule has 1 aliphatic heterocycles. The standard InChI is InChI=1S/C31H43N3O7/c1-8-12-33-26-22-13-17(2)14-25(40-7)27(36)20(5)15-21(6)29(41-31(32)39)18(3)10-9-11-19(4)30(38)34-23(28(22)37)16-24(26)35/h8-11,15-18,20,25,27,29,33,36H,1,12-14H2,2-7H3,(H2,32,39)(H,34,38)/b10-9-,19-11+,21-15+/t17-,18+,20+,25+,27-,29-/m1/s1. The van der Waals surface area contributed by atoms with Crippen molar-refractivity contribution in [2.75, 3.05) is 13.7 Å². The molecule has 1 aliphatic carbocycles. The van der Waals surface area contributed by atoms with Gasteiger partial charge in [0.05, 0.1) is 23.6 Å². The van der Waals surface area contributed by atoms with E-state index in [-0.39, 0.29) is 47.7 Å². The fraction of sp³-hybridized carbons (Fsp3) is 0.484. The Morgan fingerprint density at radius 2 is 1.90 bits per heavy atom. The van der Waals surface area contributed by atoms with Crippen LogP contribution < -0.4 is 16.4 Å². The van der Waals surface area contributed by atoms with Crippen molar-refractivity contribution >= 4 is 23.6 Å². The van der Waals surface area contributed by atoms with Gasteiger partial charge in [0.25, 0.3) is 5.91 Å². The molecule has 2 aliphatic rings. The predicted octanol–water partition coefficient (Wildman–Crippen LogP) is 3.16. The maximum Gasteiger partial charge on any atom is 0.405 e. The molecular weight excluding hydrogens is 526 g/mol. The van der Waals surface area contributed by atoms with Gasteiger partial charge in [-0.25, -0.2) is 4.79 Å². The number of ketones is 2. The lowest BCUT2D eigenvalue weighted by Gasteiger charge is -2.29. The van der Waals surface area contributed by atoms with E-state index in [1.54, 1.807) is 38.2 Å². The molecule has 0 radical (unpaired) electrons. The van der Waals surface area contributed by atoms with Crippen molar-refractivity contribution in [2.45, 2.75) is 65.8 Å². The van der Waals surface area contributed by atoms with E-state index in [0.717, 1.165) is 6.08 Å². The number of aliphatic hydroxyl groups is 1. The molecule has 10 nitrogen and oxygen atoms in total. The summed E-state index contributed by atoms with van der Waals surface area (Å²) >= 11 is 0. The van der Waals surface area contributed by atoms with Gasteiger partial charge in [-0.2, -0.15) is 0 Å². The Hall–Kier alpha value is -3.76. The maximum absolute atomic E-state index is 13.5. The van der Waals surface area contributed by atoms with E-state index >= 15 is 0 Å². The lowest BCUT2D eigenvalue weighted by atomic mass is 9.85. The summed E-state index contributed by atoms with van der Waals surface area (Å²) in [5.41, 5.74) is 6.62. The number of rotatable bonds is 5. The van der Waals surface area contributed by atoms with Crippen LogP contribution in [0.2, 0.25) is 0 Å². The van der Waals surface area contributed by atoms with E-state index in [9.17, 15) is 24.3 Å². The SMILES string of the molecule is C=CCNC1=C2C[C@@H](C)C[C@H](OC)[C@H](O)[C@@H](C)/C=C(\C)[C@H](OC(N)=O)[C@@H](C)/C=C\C=C(/C)C(=O)NC(=CC1=O)C2=O. The molecule has 6 atom stereocenters. The van der Waals surface area contributed by atoms with Gasteiger partial charge in [-0.1, -0.05) is 51.2 Å². The van der Waals surface area contributed by atoms with Crippen molar-refractivity contribution in [3.63, 3.8) is 0 Å². The molecule has 1 heterocycles. The molecule has 10 heteroatoms. The van der Waals surface area contributed by atoms with Crippen molar-refractivity contribution in [2.24, 2.45) is 23.5 Å². The van der Waals surface area contributed by atoms with Crippen molar-refractivity contribution in [1.29, 1.82) is 0 Å². The van der Waals surface area contributed by atoms with E-state index in [1.165, 1.54) is 7.11 Å². The lowest BCUT2D eigenvalue weighted by molar-refractivity contribution is -0.120. The number of Topliss-reactive ketones (excluding diaryl/α,β-unsaturated/α-hetero) is 1. The molecule has 2 amide bonds. The zero-order valence-corrected chi connectivity index (χ0v) is 24.7. The first-order chi connectivity index (χ1) is 19.3. The number of methoxy groups -OCH3 is 1. The Morgan fingerprint density at radius 3 is 2.51 bits per heavy atom. The number of carbonyl (C=O) groups is 4. The van der Waals surface area contributed by atoms with Gasteiger partial charge >= 0.3 is 6.09 Å². The van der Waals surface area contributed by atoms with E-state index in [0.29, 0.717) is 17.6 Å². The van der Waals surface area contributed by atoms with E-state index in [2.05, 4.69) is 17.2 Å². The van der Waals surface area contributed by atoms with Gasteiger partial charge in [0.2, 0.25) is 11.6 Å². The van der Waals surface area contributed by atoms with Gasteiger partial charge in [0.15, 0.2) is 0 Å². The normalized spacial score (nSPS) is 32.1. The minimum atomic E-state index is -0.931. The highest BCUT2D eigenvalue weighted by atomic mass is 16.6. The molecule has 2 bridgehead atoms. The second kappa shape index (κ2) is 15.3. The third-order valence-corrected chi connectivity index (χ3v) is 7.24. The first-order valence-electron chi connectivity index (χ1n) is 13.7. The third kappa shape index (κ3) is 9.12. The molecule has 0 fully saturated rings. The summed E-state index contributed by atoms with van der Waals surface area (Å²) in [6.07, 6.45) is 6.91. The fourth-order valence-electron chi connectivity index (χ4n) is 5.01. The summed E-state index contributed by atoms with van der Waals surface area (Å²) in [7, 11) is 1.50. The number of nitrogens with one attached hydrogen (secondary N) is 2. The van der Waals surface area contributed by atoms with Gasteiger partial charge < -0.3 is 30.9 Å². The average Bonchev–Trinajstić information content (AvgIpc) is 2.91. The number of nitrogens with two attached hydrogens (primary N) is 1. The molecule has 2 rings (SSSR count). The molecule has 0 unspecified atom stereocenters. The maximum atomic E-state index is 13.5. The summed E-state index contributed by atoms with van der Waals surface area (Å²) in [5, 5.41) is 16.7. The molecule has 5 N–H and O–H groups in total. The zero-order chi connectivity index (χ0) is 30.9. The summed E-state index contributed by atoms with van der Waals surface area (Å²) in [5.74, 6) is -2.33. The van der Waals surface area contributed by atoms with Gasteiger partial charge in [-0.15, -0.1) is 6.58 Å². The topological polar surface area (TPSA) is 157 Å². The van der Waals surface area contributed by atoms with Crippen molar-refractivity contribution in [3.05, 3.63) is 71.1 Å². The minimum absolute atomic E-state index is 0.110. The molecule has 41 heavy (non-hydrogen) atoms. The Bertz CT molecular complexity index is 1190. The highest BCUT2D eigenvalue weighted by molar-refractivity contribution is 6.23. The second-order valence-corrected chi connectivity index (χ2v) is 10.8. The number of hydrogen-bond donors (Lipinski definition) is 4. The quantitative estimate of drug-likeness (QED) is 0.291. The number of aliphatic hydroxyl groups excluding tert-OH is 1. The van der Waals surface area contributed by atoms with E-state index in [4.69, 9.17) is 15.2 Å². The van der Waals surface area contributed by atoms with Crippen molar-refractivity contribution in [3.8, 4) is 0 Å². The second-order valence-electron chi connectivity index (χ2n) is 10.8. The first kappa shape index (κ1) is 33.4. The summed E-state index contributed by atoms with van der Waals surface area (Å²) < 4.78 is 11.0.